The molecule has 0 aliphatic heterocycles. The van der Waals surface area contributed by atoms with Crippen molar-refractivity contribution in [3.63, 3.8) is 0 Å². The normalized spacial score (nSPS) is 10.5. The Morgan fingerprint density at radius 1 is 0.636 bits per heavy atom. The van der Waals surface area contributed by atoms with E-state index in [1.54, 1.807) is 28.4 Å². The van der Waals surface area contributed by atoms with Crippen molar-refractivity contribution < 1.29 is 18.9 Å². The molecule has 0 radical (unpaired) electrons. The van der Waals surface area contributed by atoms with Gasteiger partial charge in [-0.3, -0.25) is 0 Å². The molecule has 0 heterocycles. The Morgan fingerprint density at radius 3 is 1.95 bits per heavy atom. The molecule has 0 atom stereocenters. The lowest BCUT2D eigenvalue weighted by Crippen LogP contribution is -1.91. The van der Waals surface area contributed by atoms with E-state index in [4.69, 9.17) is 18.9 Å². The molecule has 2 rings (SSSR count). The maximum atomic E-state index is 5.36. The fraction of sp³-hybridized carbons (Fsp3) is 0.222. The fourth-order valence-electron chi connectivity index (χ4n) is 2.11. The summed E-state index contributed by atoms with van der Waals surface area (Å²) in [5, 5.41) is 0. The van der Waals surface area contributed by atoms with Gasteiger partial charge in [0.2, 0.25) is 0 Å². The zero-order valence-corrected chi connectivity index (χ0v) is 13.3. The van der Waals surface area contributed by atoms with Crippen molar-refractivity contribution in [1.82, 2.24) is 0 Å². The SMILES string of the molecule is COc1ccc(OC)c(/C=C/c2ccc(OC)c(OC)c2)c1. The van der Waals surface area contributed by atoms with E-state index in [-0.39, 0.29) is 0 Å². The monoisotopic (exact) mass is 300 g/mol. The Balaban J connectivity index is 2.32. The van der Waals surface area contributed by atoms with Crippen LogP contribution >= 0.6 is 0 Å². The van der Waals surface area contributed by atoms with E-state index in [0.717, 1.165) is 22.6 Å². The maximum Gasteiger partial charge on any atom is 0.161 e. The summed E-state index contributed by atoms with van der Waals surface area (Å²) in [7, 11) is 6.53. The van der Waals surface area contributed by atoms with E-state index >= 15 is 0 Å². The molecule has 22 heavy (non-hydrogen) atoms. The van der Waals surface area contributed by atoms with Gasteiger partial charge in [-0.2, -0.15) is 0 Å². The second kappa shape index (κ2) is 7.41. The average Bonchev–Trinajstić information content (AvgIpc) is 2.59. The lowest BCUT2D eigenvalue weighted by molar-refractivity contribution is 0.355. The van der Waals surface area contributed by atoms with Gasteiger partial charge in [0.25, 0.3) is 0 Å². The summed E-state index contributed by atoms with van der Waals surface area (Å²) in [6.07, 6.45) is 3.96. The van der Waals surface area contributed by atoms with Crippen LogP contribution in [0.5, 0.6) is 23.0 Å². The van der Waals surface area contributed by atoms with Gasteiger partial charge in [0.05, 0.1) is 28.4 Å². The topological polar surface area (TPSA) is 36.9 Å². The summed E-state index contributed by atoms with van der Waals surface area (Å²) >= 11 is 0. The quantitative estimate of drug-likeness (QED) is 0.758. The molecule has 116 valence electrons. The molecule has 4 nitrogen and oxygen atoms in total. The van der Waals surface area contributed by atoms with Gasteiger partial charge in [-0.15, -0.1) is 0 Å². The molecule has 2 aromatic rings. The summed E-state index contributed by atoms with van der Waals surface area (Å²) in [5.74, 6) is 2.98. The van der Waals surface area contributed by atoms with Crippen molar-refractivity contribution in [3.05, 3.63) is 47.5 Å². The first-order valence-electron chi connectivity index (χ1n) is 6.84. The molecule has 0 saturated carbocycles. The van der Waals surface area contributed by atoms with E-state index < -0.39 is 0 Å². The number of benzene rings is 2. The summed E-state index contributed by atoms with van der Waals surface area (Å²) in [5.41, 5.74) is 1.94. The molecule has 0 unspecified atom stereocenters. The first-order chi connectivity index (χ1) is 10.7. The van der Waals surface area contributed by atoms with Crippen LogP contribution in [0.1, 0.15) is 11.1 Å². The highest BCUT2D eigenvalue weighted by Gasteiger charge is 2.04. The maximum absolute atomic E-state index is 5.36. The molecule has 0 N–H and O–H groups in total. The highest BCUT2D eigenvalue weighted by Crippen LogP contribution is 2.29. The fourth-order valence-corrected chi connectivity index (χ4v) is 2.11. The van der Waals surface area contributed by atoms with E-state index in [9.17, 15) is 0 Å². The van der Waals surface area contributed by atoms with Crippen LogP contribution < -0.4 is 18.9 Å². The van der Waals surface area contributed by atoms with Crippen molar-refractivity contribution in [3.8, 4) is 23.0 Å². The van der Waals surface area contributed by atoms with Gasteiger partial charge in [0, 0.05) is 5.56 Å². The standard InChI is InChI=1S/C18H20O4/c1-19-15-8-10-16(20-2)14(12-15)7-5-13-6-9-17(21-3)18(11-13)22-4/h5-12H,1-4H3/b7-5+. The molecule has 0 aliphatic rings. The molecule has 0 fully saturated rings. The third-order valence-corrected chi connectivity index (χ3v) is 3.30. The van der Waals surface area contributed by atoms with Gasteiger partial charge in [-0.05, 0) is 35.9 Å². The molecule has 0 bridgehead atoms. The Labute approximate surface area is 130 Å². The first kappa shape index (κ1) is 15.8. The van der Waals surface area contributed by atoms with Crippen LogP contribution in [0.15, 0.2) is 36.4 Å². The van der Waals surface area contributed by atoms with Crippen LogP contribution in [0.4, 0.5) is 0 Å². The molecule has 0 aliphatic carbocycles. The molecular formula is C18H20O4. The zero-order valence-electron chi connectivity index (χ0n) is 13.3. The van der Waals surface area contributed by atoms with Crippen LogP contribution in [0, 0.1) is 0 Å². The molecule has 0 saturated heterocycles. The van der Waals surface area contributed by atoms with Gasteiger partial charge < -0.3 is 18.9 Å². The van der Waals surface area contributed by atoms with Crippen LogP contribution in [-0.2, 0) is 0 Å². The van der Waals surface area contributed by atoms with Crippen LogP contribution in [0.2, 0.25) is 0 Å². The predicted octanol–water partition coefficient (Wildman–Crippen LogP) is 3.89. The van der Waals surface area contributed by atoms with Gasteiger partial charge >= 0.3 is 0 Å². The van der Waals surface area contributed by atoms with E-state index in [2.05, 4.69) is 0 Å². The Kier molecular flexibility index (Phi) is 5.31. The molecule has 2 aromatic carbocycles. The lowest BCUT2D eigenvalue weighted by atomic mass is 10.1. The summed E-state index contributed by atoms with van der Waals surface area (Å²) < 4.78 is 21.2. The summed E-state index contributed by atoms with van der Waals surface area (Å²) in [6, 6.07) is 11.4. The average molecular weight is 300 g/mol. The van der Waals surface area contributed by atoms with Crippen LogP contribution in [0.3, 0.4) is 0 Å². The van der Waals surface area contributed by atoms with Crippen molar-refractivity contribution in [2.45, 2.75) is 0 Å². The Bertz CT molecular complexity index is 662. The van der Waals surface area contributed by atoms with E-state index in [1.807, 2.05) is 48.6 Å². The van der Waals surface area contributed by atoms with Crippen LogP contribution in [-0.4, -0.2) is 28.4 Å². The van der Waals surface area contributed by atoms with Crippen molar-refractivity contribution >= 4 is 12.2 Å². The number of hydrogen-bond acceptors (Lipinski definition) is 4. The first-order valence-corrected chi connectivity index (χ1v) is 6.84. The smallest absolute Gasteiger partial charge is 0.161 e. The van der Waals surface area contributed by atoms with Crippen molar-refractivity contribution in [2.75, 3.05) is 28.4 Å². The van der Waals surface area contributed by atoms with Crippen LogP contribution in [0.25, 0.3) is 12.2 Å². The van der Waals surface area contributed by atoms with Gasteiger partial charge in [0.15, 0.2) is 11.5 Å². The summed E-state index contributed by atoms with van der Waals surface area (Å²) in [6.45, 7) is 0. The number of methoxy groups -OCH3 is 4. The highest BCUT2D eigenvalue weighted by atomic mass is 16.5. The highest BCUT2D eigenvalue weighted by molar-refractivity contribution is 5.74. The van der Waals surface area contributed by atoms with Gasteiger partial charge in [-0.1, -0.05) is 18.2 Å². The molecule has 4 heteroatoms. The summed E-state index contributed by atoms with van der Waals surface area (Å²) in [4.78, 5) is 0. The molecule has 0 amide bonds. The number of ether oxygens (including phenoxy) is 4. The lowest BCUT2D eigenvalue weighted by Gasteiger charge is -2.08. The second-order valence-corrected chi connectivity index (χ2v) is 4.56. The molecule has 0 aromatic heterocycles. The second-order valence-electron chi connectivity index (χ2n) is 4.56. The minimum absolute atomic E-state index is 0.697. The third kappa shape index (κ3) is 3.52. The van der Waals surface area contributed by atoms with Gasteiger partial charge in [-0.25, -0.2) is 0 Å². The molecular weight excluding hydrogens is 280 g/mol. The van der Waals surface area contributed by atoms with E-state index in [1.165, 1.54) is 0 Å². The number of hydrogen-bond donors (Lipinski definition) is 0. The minimum atomic E-state index is 0.697. The Morgan fingerprint density at radius 2 is 1.32 bits per heavy atom. The number of rotatable bonds is 6. The van der Waals surface area contributed by atoms with E-state index in [0.29, 0.717) is 11.5 Å². The minimum Gasteiger partial charge on any atom is -0.497 e. The Hall–Kier alpha value is -2.62. The molecule has 0 spiro atoms. The third-order valence-electron chi connectivity index (χ3n) is 3.30. The van der Waals surface area contributed by atoms with Gasteiger partial charge in [0.1, 0.15) is 11.5 Å². The largest absolute Gasteiger partial charge is 0.497 e. The van der Waals surface area contributed by atoms with Crippen molar-refractivity contribution in [2.24, 2.45) is 0 Å². The van der Waals surface area contributed by atoms with Crippen molar-refractivity contribution in [1.29, 1.82) is 0 Å². The predicted molar refractivity (Wildman–Crippen MR) is 88.0 cm³/mol. The zero-order chi connectivity index (χ0) is 15.9.